The Balaban J connectivity index is 1.90. The van der Waals surface area contributed by atoms with Crippen molar-refractivity contribution < 1.29 is 9.90 Å². The SMILES string of the molecule is Cc1c(CO)c(C(C)C)c(Sc2cccc(Cl)c2)n1CC(=O)NCc1ccccc1. The molecule has 0 saturated heterocycles. The number of carbonyl (C=O) groups excluding carboxylic acids is 1. The van der Waals surface area contributed by atoms with Crippen molar-refractivity contribution in [2.45, 2.75) is 56.3 Å². The normalized spacial score (nSPS) is 11.1. The van der Waals surface area contributed by atoms with Gasteiger partial charge in [-0.25, -0.2) is 0 Å². The number of rotatable bonds is 8. The Morgan fingerprint density at radius 3 is 2.53 bits per heavy atom. The predicted molar refractivity (Wildman–Crippen MR) is 123 cm³/mol. The molecule has 1 heterocycles. The van der Waals surface area contributed by atoms with E-state index in [1.165, 1.54) is 0 Å². The Kier molecular flexibility index (Phi) is 7.64. The summed E-state index contributed by atoms with van der Waals surface area (Å²) in [6.07, 6.45) is 0. The molecule has 3 aromatic rings. The van der Waals surface area contributed by atoms with Gasteiger partial charge in [0.05, 0.1) is 11.6 Å². The molecule has 4 nitrogen and oxygen atoms in total. The molecule has 0 aliphatic rings. The lowest BCUT2D eigenvalue weighted by Crippen LogP contribution is -2.27. The van der Waals surface area contributed by atoms with Gasteiger partial charge in [-0.3, -0.25) is 4.79 Å². The molecule has 0 atom stereocenters. The van der Waals surface area contributed by atoms with Crippen LogP contribution in [0, 0.1) is 6.92 Å². The average Bonchev–Trinajstić information content (AvgIpc) is 2.98. The van der Waals surface area contributed by atoms with Crippen LogP contribution in [-0.2, 0) is 24.5 Å². The number of hydrogen-bond donors (Lipinski definition) is 2. The van der Waals surface area contributed by atoms with E-state index in [9.17, 15) is 9.90 Å². The first-order valence-electron chi connectivity index (χ1n) is 9.97. The lowest BCUT2D eigenvalue weighted by atomic mass is 10.0. The van der Waals surface area contributed by atoms with Gasteiger partial charge in [0.1, 0.15) is 6.54 Å². The lowest BCUT2D eigenvalue weighted by Gasteiger charge is -2.14. The molecule has 0 aliphatic heterocycles. The van der Waals surface area contributed by atoms with E-state index in [1.54, 1.807) is 11.8 Å². The maximum absolute atomic E-state index is 12.8. The van der Waals surface area contributed by atoms with Gasteiger partial charge < -0.3 is 15.0 Å². The van der Waals surface area contributed by atoms with E-state index in [2.05, 4.69) is 19.2 Å². The second kappa shape index (κ2) is 10.2. The summed E-state index contributed by atoms with van der Waals surface area (Å²) in [6, 6.07) is 17.5. The van der Waals surface area contributed by atoms with Crippen molar-refractivity contribution in [3.63, 3.8) is 0 Å². The zero-order chi connectivity index (χ0) is 21.7. The number of aliphatic hydroxyl groups excluding tert-OH is 1. The van der Waals surface area contributed by atoms with Crippen LogP contribution in [0.2, 0.25) is 5.02 Å². The Morgan fingerprint density at radius 1 is 1.17 bits per heavy atom. The average molecular weight is 443 g/mol. The van der Waals surface area contributed by atoms with E-state index in [0.717, 1.165) is 32.3 Å². The number of benzene rings is 2. The van der Waals surface area contributed by atoms with E-state index in [-0.39, 0.29) is 25.0 Å². The first-order valence-corrected chi connectivity index (χ1v) is 11.2. The van der Waals surface area contributed by atoms with Crippen LogP contribution in [0.25, 0.3) is 0 Å². The fraction of sp³-hybridized carbons (Fsp3) is 0.292. The van der Waals surface area contributed by atoms with Crippen LogP contribution in [0.4, 0.5) is 0 Å². The molecule has 0 bridgehead atoms. The zero-order valence-electron chi connectivity index (χ0n) is 17.5. The molecule has 0 spiro atoms. The van der Waals surface area contributed by atoms with Crippen molar-refractivity contribution in [3.8, 4) is 0 Å². The standard InChI is InChI=1S/C24H27ClN2O2S/c1-16(2)23-21(15-28)17(3)27(24(23)30-20-11-7-10-19(25)12-20)14-22(29)26-13-18-8-5-4-6-9-18/h4-12,16,28H,13-15H2,1-3H3,(H,26,29). The highest BCUT2D eigenvalue weighted by molar-refractivity contribution is 7.99. The summed E-state index contributed by atoms with van der Waals surface area (Å²) < 4.78 is 2.01. The van der Waals surface area contributed by atoms with Gasteiger partial charge in [0.15, 0.2) is 0 Å². The molecule has 0 saturated carbocycles. The van der Waals surface area contributed by atoms with E-state index in [0.29, 0.717) is 11.6 Å². The van der Waals surface area contributed by atoms with Gasteiger partial charge in [-0.15, -0.1) is 0 Å². The Bertz CT molecular complexity index is 1020. The molecule has 0 unspecified atom stereocenters. The van der Waals surface area contributed by atoms with Crippen molar-refractivity contribution >= 4 is 29.3 Å². The van der Waals surface area contributed by atoms with Crippen molar-refractivity contribution in [2.24, 2.45) is 0 Å². The van der Waals surface area contributed by atoms with Crippen molar-refractivity contribution in [2.75, 3.05) is 0 Å². The van der Waals surface area contributed by atoms with E-state index in [4.69, 9.17) is 11.6 Å². The molecular formula is C24H27ClN2O2S. The molecule has 3 rings (SSSR count). The summed E-state index contributed by atoms with van der Waals surface area (Å²) in [5.74, 6) is 0.144. The van der Waals surface area contributed by atoms with Crippen LogP contribution in [-0.4, -0.2) is 15.6 Å². The highest BCUT2D eigenvalue weighted by Gasteiger charge is 2.24. The summed E-state index contributed by atoms with van der Waals surface area (Å²) in [5.41, 5.74) is 3.95. The van der Waals surface area contributed by atoms with Crippen LogP contribution in [0.15, 0.2) is 64.5 Å². The number of amides is 1. The molecule has 30 heavy (non-hydrogen) atoms. The number of carbonyl (C=O) groups is 1. The molecule has 158 valence electrons. The minimum absolute atomic E-state index is 0.0545. The third-order valence-corrected chi connectivity index (χ3v) is 6.38. The summed E-state index contributed by atoms with van der Waals surface area (Å²) in [5, 5.41) is 14.7. The van der Waals surface area contributed by atoms with Crippen LogP contribution < -0.4 is 5.32 Å². The van der Waals surface area contributed by atoms with Crippen molar-refractivity contribution in [1.82, 2.24) is 9.88 Å². The molecule has 1 aromatic heterocycles. The monoisotopic (exact) mass is 442 g/mol. The van der Waals surface area contributed by atoms with Gasteiger partial charge in [-0.05, 0) is 42.2 Å². The highest BCUT2D eigenvalue weighted by Crippen LogP contribution is 2.40. The summed E-state index contributed by atoms with van der Waals surface area (Å²) in [4.78, 5) is 13.7. The molecule has 2 aromatic carbocycles. The largest absolute Gasteiger partial charge is 0.392 e. The first-order chi connectivity index (χ1) is 14.4. The number of aromatic nitrogens is 1. The molecule has 0 aliphatic carbocycles. The number of aliphatic hydroxyl groups is 1. The Labute approximate surface area is 187 Å². The fourth-order valence-corrected chi connectivity index (χ4v) is 5.11. The lowest BCUT2D eigenvalue weighted by molar-refractivity contribution is -0.122. The second-order valence-electron chi connectivity index (χ2n) is 7.50. The van der Waals surface area contributed by atoms with Gasteiger partial charge in [0.2, 0.25) is 5.91 Å². The van der Waals surface area contributed by atoms with E-state index in [1.807, 2.05) is 66.1 Å². The third kappa shape index (κ3) is 5.28. The van der Waals surface area contributed by atoms with Crippen molar-refractivity contribution in [3.05, 3.63) is 82.0 Å². The molecule has 1 amide bonds. The van der Waals surface area contributed by atoms with Crippen molar-refractivity contribution in [1.29, 1.82) is 0 Å². The van der Waals surface area contributed by atoms with Crippen LogP contribution in [0.3, 0.4) is 0 Å². The van der Waals surface area contributed by atoms with Crippen LogP contribution in [0.5, 0.6) is 0 Å². The molecular weight excluding hydrogens is 416 g/mol. The number of nitrogens with zero attached hydrogens (tertiary/aromatic N) is 1. The number of halogens is 1. The van der Waals surface area contributed by atoms with Gasteiger partial charge >= 0.3 is 0 Å². The first kappa shape index (κ1) is 22.5. The fourth-order valence-electron chi connectivity index (χ4n) is 3.52. The maximum Gasteiger partial charge on any atom is 0.240 e. The topological polar surface area (TPSA) is 54.3 Å². The molecule has 0 radical (unpaired) electrons. The van der Waals surface area contributed by atoms with Crippen LogP contribution in [0.1, 0.15) is 42.1 Å². The van der Waals surface area contributed by atoms with E-state index >= 15 is 0 Å². The maximum atomic E-state index is 12.8. The van der Waals surface area contributed by atoms with Gasteiger partial charge in [0, 0.05) is 27.7 Å². The van der Waals surface area contributed by atoms with Gasteiger partial charge in [0.25, 0.3) is 0 Å². The minimum atomic E-state index is -0.0651. The van der Waals surface area contributed by atoms with Gasteiger partial charge in [-0.2, -0.15) is 0 Å². The highest BCUT2D eigenvalue weighted by atomic mass is 35.5. The second-order valence-corrected chi connectivity index (χ2v) is 9.00. The molecule has 6 heteroatoms. The minimum Gasteiger partial charge on any atom is -0.392 e. The Hall–Kier alpha value is -2.21. The Morgan fingerprint density at radius 2 is 1.90 bits per heavy atom. The smallest absolute Gasteiger partial charge is 0.240 e. The summed E-state index contributed by atoms with van der Waals surface area (Å²) in [7, 11) is 0. The summed E-state index contributed by atoms with van der Waals surface area (Å²) >= 11 is 7.75. The molecule has 2 N–H and O–H groups in total. The summed E-state index contributed by atoms with van der Waals surface area (Å²) in [6.45, 7) is 6.80. The predicted octanol–water partition coefficient (Wildman–Crippen LogP) is 5.53. The van der Waals surface area contributed by atoms with E-state index < -0.39 is 0 Å². The number of hydrogen-bond acceptors (Lipinski definition) is 3. The van der Waals surface area contributed by atoms with Crippen LogP contribution >= 0.6 is 23.4 Å². The zero-order valence-corrected chi connectivity index (χ0v) is 19.1. The molecule has 0 fully saturated rings. The quantitative estimate of drug-likeness (QED) is 0.482. The third-order valence-electron chi connectivity index (χ3n) is 5.02. The van der Waals surface area contributed by atoms with Gasteiger partial charge in [-0.1, -0.05) is 73.6 Å². The number of nitrogens with one attached hydrogen (secondary N) is 1.